The average Bonchev–Trinajstić information content (AvgIpc) is 1.53. The van der Waals surface area contributed by atoms with Crippen LogP contribution in [0.3, 0.4) is 0 Å². The van der Waals surface area contributed by atoms with Gasteiger partial charge in [0, 0.05) is 36.1 Å². The van der Waals surface area contributed by atoms with Gasteiger partial charge in [-0.3, -0.25) is 0 Å². The summed E-state index contributed by atoms with van der Waals surface area (Å²) in [6, 6.07) is 0. The van der Waals surface area contributed by atoms with Crippen LogP contribution in [0, 0.1) is 47.3 Å². The van der Waals surface area contributed by atoms with Gasteiger partial charge in [0.1, 0.15) is 64.7 Å². The molecule has 6 bridgehead atoms. The van der Waals surface area contributed by atoms with Gasteiger partial charge in [-0.25, -0.2) is 9.98 Å². The highest BCUT2D eigenvalue weighted by atomic mass is 35.5. The SMILES string of the molecule is CCN(CC)CCSc1c(Cl)c(OCCC(C)C)c2c3[nH]c(c2c1OCCC(C)C)=NC1=NC(=Nc2c4c(OCCC(C)C)c(Cl)c(SCCN(CC)CC)c(OCCC(C)C)c4c4nc5c6c(OCCC(C)C)c(Cl)c(SCC[N+](C)(CC)CC)c(OCCC(C)C)c6c([n+]-5on24)N=3)c2c(OCCC(C)C)c(SCC[N+](C)(CC)CC)c(Cl)c(OCCC(C)C)c21. The third kappa shape index (κ3) is 25.1. The molecule has 21 nitrogen and oxygen atoms in total. The molecular weight excluding hydrogens is 1760 g/mol. The lowest BCUT2D eigenvalue weighted by Crippen LogP contribution is -2.45. The minimum Gasteiger partial charge on any atom is -0.492 e. The lowest BCUT2D eigenvalue weighted by Gasteiger charge is -2.32. The Kier molecular flexibility index (Phi) is 39.4. The average molecular weight is 1910 g/mol. The number of H-pyrrole nitrogens is 1. The molecule has 10 rings (SSSR count). The zero-order valence-corrected chi connectivity index (χ0v) is 87.8. The topological polar surface area (TPSA) is 180 Å². The molecule has 0 spiro atoms. The third-order valence-corrected chi connectivity index (χ3v) is 30.9. The van der Waals surface area contributed by atoms with Crippen molar-refractivity contribution in [3.8, 4) is 51.8 Å². The Morgan fingerprint density at radius 1 is 0.370 bits per heavy atom. The molecule has 4 aliphatic heterocycles. The maximum Gasteiger partial charge on any atom is 0.287 e. The predicted octanol–water partition coefficient (Wildman–Crippen LogP) is 24.9. The van der Waals surface area contributed by atoms with Crippen LogP contribution >= 0.6 is 93.5 Å². The first-order valence-electron chi connectivity index (χ1n) is 47.5. The monoisotopic (exact) mass is 1910 g/mol. The van der Waals surface area contributed by atoms with E-state index in [-0.39, 0.29) is 70.7 Å². The third-order valence-electron chi connectivity index (χ3n) is 24.7. The van der Waals surface area contributed by atoms with Gasteiger partial charge in [-0.05, 0) is 162 Å². The second-order valence-corrected chi connectivity index (χ2v) is 43.8. The minimum absolute atomic E-state index is 0.220. The van der Waals surface area contributed by atoms with Gasteiger partial charge < -0.3 is 61.6 Å². The molecule has 4 aromatic carbocycles. The van der Waals surface area contributed by atoms with E-state index in [1.807, 2.05) is 0 Å². The maximum absolute atomic E-state index is 8.36. The van der Waals surface area contributed by atoms with Crippen molar-refractivity contribution in [1.29, 1.82) is 0 Å². The number of nitrogens with zero attached hydrogens (tertiary/aromatic N) is 11. The standard InChI is InChI=1S/C98H150Cl4N12O9S4/c1-27-109(28-2)43-55-124-87-75(99)80(116-48-36-60(11)12)68-69(83(87)119-51-39-63(17)18)92-103-91-67-70(84(120-52-40-64(19)20)88(126-57-45-113(25,31-5)32-6)76(100)79(67)115-47-35-59(9)10)94(104-91)107-95-71-74(86(122-54-42-66(23)24)89(125-56-44-110(29-3)30-4)77(101)81(71)117-49-37-61(13)14)98-108-97-72-73(96(106-93(68)105-92)112(97)123-111(95)98)85(121-53-41-65(21)22)90(127-58-46-114(26,33-7)34-8)78(102)82(72)118-50-38-62(15)16/h59-66H,27-58H2,1-26H3/q+2/p+1. The van der Waals surface area contributed by atoms with Crippen LogP contribution in [0.25, 0.3) is 43.8 Å². The number of fused-ring (bicyclic) bond motifs is 15. The second-order valence-electron chi connectivity index (χ2n) is 37.8. The number of aromatic nitrogens is 4. The molecule has 0 unspecified atom stereocenters. The zero-order valence-electron chi connectivity index (χ0n) is 81.5. The number of amidine groups is 2. The minimum atomic E-state index is 0.220. The summed E-state index contributed by atoms with van der Waals surface area (Å²) in [4.78, 5) is 42.0. The summed E-state index contributed by atoms with van der Waals surface area (Å²) in [6.07, 6.45) is 5.73. The van der Waals surface area contributed by atoms with E-state index >= 15 is 0 Å². The molecule has 1 N–H and O–H groups in total. The molecule has 0 atom stereocenters. The number of aromatic amines is 1. The van der Waals surface area contributed by atoms with Crippen molar-refractivity contribution in [2.45, 2.75) is 237 Å². The zero-order chi connectivity index (χ0) is 92.5. The van der Waals surface area contributed by atoms with Crippen LogP contribution in [0.2, 0.25) is 20.1 Å². The van der Waals surface area contributed by atoms with E-state index < -0.39 is 0 Å². The predicted molar refractivity (Wildman–Crippen MR) is 537 cm³/mol. The number of hydrogen-bond donors (Lipinski definition) is 1. The van der Waals surface area contributed by atoms with Crippen LogP contribution in [0.4, 0.5) is 11.6 Å². The summed E-state index contributed by atoms with van der Waals surface area (Å²) >= 11 is 40.0. The second kappa shape index (κ2) is 48.2. The molecule has 0 fully saturated rings. The van der Waals surface area contributed by atoms with E-state index in [1.54, 1.807) is 56.4 Å². The van der Waals surface area contributed by atoms with Crippen LogP contribution in [-0.4, -0.2) is 213 Å². The molecule has 4 aliphatic rings. The van der Waals surface area contributed by atoms with Crippen LogP contribution in [-0.2, 0) is 0 Å². The van der Waals surface area contributed by atoms with Crippen molar-refractivity contribution >= 4 is 155 Å². The van der Waals surface area contributed by atoms with Crippen molar-refractivity contribution in [3.05, 3.63) is 42.2 Å². The van der Waals surface area contributed by atoms with Crippen LogP contribution in [0.5, 0.6) is 46.0 Å². The van der Waals surface area contributed by atoms with Gasteiger partial charge in [-0.1, -0.05) is 190 Å². The molecule has 706 valence electrons. The molecule has 6 heterocycles. The highest BCUT2D eigenvalue weighted by Crippen LogP contribution is 2.59. The maximum atomic E-state index is 8.36. The van der Waals surface area contributed by atoms with Crippen molar-refractivity contribution in [3.63, 3.8) is 0 Å². The van der Waals surface area contributed by atoms with Gasteiger partial charge in [-0.15, -0.1) is 52.0 Å². The number of rotatable bonds is 56. The van der Waals surface area contributed by atoms with Gasteiger partial charge in [0.2, 0.25) is 11.3 Å². The van der Waals surface area contributed by atoms with E-state index in [0.717, 1.165) is 113 Å². The molecule has 127 heavy (non-hydrogen) atoms. The van der Waals surface area contributed by atoms with E-state index in [0.29, 0.717) is 253 Å². The normalized spacial score (nSPS) is 13.3. The lowest BCUT2D eigenvalue weighted by atomic mass is 10.0. The molecule has 2 aromatic heterocycles. The molecule has 0 saturated carbocycles. The Balaban J connectivity index is 1.61. The van der Waals surface area contributed by atoms with Gasteiger partial charge >= 0.3 is 0 Å². The number of aliphatic imine (C=N–C) groups is 2. The molecule has 0 amide bonds. The van der Waals surface area contributed by atoms with Gasteiger partial charge in [0.05, 0.1) is 153 Å². The van der Waals surface area contributed by atoms with Crippen LogP contribution in [0.15, 0.2) is 44.2 Å². The summed E-state index contributed by atoms with van der Waals surface area (Å²) in [6.45, 7) is 66.2. The molecule has 0 radical (unpaired) electrons. The summed E-state index contributed by atoms with van der Waals surface area (Å²) < 4.78 is 72.8. The largest absolute Gasteiger partial charge is 0.492 e. The quantitative estimate of drug-likeness (QED) is 0.0216. The van der Waals surface area contributed by atoms with E-state index in [2.05, 4.69) is 195 Å². The number of nitrogens with one attached hydrogen (secondary N) is 1. The fraction of sp³-hybridized carbons (Fsp3) is 0.673. The summed E-state index contributed by atoms with van der Waals surface area (Å²) in [5.74, 6) is 9.73. The van der Waals surface area contributed by atoms with Crippen molar-refractivity contribution in [2.75, 3.05) is 168 Å². The molecule has 0 aliphatic carbocycles. The number of ether oxygens (including phenoxy) is 8. The lowest BCUT2D eigenvalue weighted by molar-refractivity contribution is -0.903. The van der Waals surface area contributed by atoms with E-state index in [9.17, 15) is 0 Å². The first-order chi connectivity index (χ1) is 60.7. The highest BCUT2D eigenvalue weighted by Gasteiger charge is 2.44. The first kappa shape index (κ1) is 104. The number of hydrogen-bond acceptors (Lipinski definition) is 20. The van der Waals surface area contributed by atoms with Gasteiger partial charge in [0.25, 0.3) is 17.3 Å². The number of benzene rings is 4. The molecular formula is C98H151Cl4N12O9S4+3. The van der Waals surface area contributed by atoms with Crippen molar-refractivity contribution < 1.29 is 56.2 Å². The summed E-state index contributed by atoms with van der Waals surface area (Å²) in [7, 11) is 4.62. The fourth-order valence-electron chi connectivity index (χ4n) is 15.0. The van der Waals surface area contributed by atoms with Gasteiger partial charge in [0.15, 0.2) is 34.7 Å². The van der Waals surface area contributed by atoms with Crippen LogP contribution in [0.1, 0.15) is 229 Å². The molecule has 0 saturated heterocycles. The first-order valence-corrected chi connectivity index (χ1v) is 53.0. The number of quaternary nitrogens is 2. The Hall–Kier alpha value is -5.16. The Labute approximate surface area is 796 Å². The fourth-order valence-corrected chi connectivity index (χ4v) is 21.2. The summed E-state index contributed by atoms with van der Waals surface area (Å²) in [5, 5.41) is 4.68. The molecule has 29 heteroatoms. The van der Waals surface area contributed by atoms with E-state index in [4.69, 9.17) is 114 Å². The van der Waals surface area contributed by atoms with E-state index in [1.165, 1.54) is 0 Å². The number of halogens is 4. The van der Waals surface area contributed by atoms with Gasteiger partial charge in [-0.2, -0.15) is 9.62 Å². The smallest absolute Gasteiger partial charge is 0.287 e. The highest BCUT2D eigenvalue weighted by molar-refractivity contribution is 8.00. The van der Waals surface area contributed by atoms with Crippen molar-refractivity contribution in [1.82, 2.24) is 24.3 Å². The summed E-state index contributed by atoms with van der Waals surface area (Å²) in [5.41, 5.74) is 1.97. The Bertz CT molecular complexity index is 5160. The Morgan fingerprint density at radius 2 is 0.685 bits per heavy atom. The van der Waals surface area contributed by atoms with Crippen molar-refractivity contribution in [2.24, 2.45) is 67.3 Å². The van der Waals surface area contributed by atoms with Crippen LogP contribution < -0.4 is 53.6 Å². The Morgan fingerprint density at radius 3 is 1.09 bits per heavy atom. The number of thioether (sulfide) groups is 4. The molecule has 6 aromatic rings.